The molecule has 0 N–H and O–H groups in total. The highest BCUT2D eigenvalue weighted by Gasteiger charge is 2.11. The maximum Gasteiger partial charge on any atom is 0.162 e. The normalized spacial score (nSPS) is 25.3. The second kappa shape index (κ2) is 2.89. The van der Waals surface area contributed by atoms with Crippen LogP contribution in [0.15, 0.2) is 0 Å². The van der Waals surface area contributed by atoms with E-state index in [-0.39, 0.29) is 8.11 Å². The van der Waals surface area contributed by atoms with E-state index >= 15 is 0 Å². The zero-order valence-electron chi connectivity index (χ0n) is 4.21. The van der Waals surface area contributed by atoms with E-state index < -0.39 is 0 Å². The summed E-state index contributed by atoms with van der Waals surface area (Å²) in [4.78, 5) is 0. The molecule has 0 nitrogen and oxygen atoms in total. The fourth-order valence-electron chi connectivity index (χ4n) is 0.718. The first-order valence-corrected chi connectivity index (χ1v) is 6.94. The van der Waals surface area contributed by atoms with Gasteiger partial charge in [-0.1, -0.05) is 18.1 Å². The lowest BCUT2D eigenvalue weighted by molar-refractivity contribution is 1.04. The quantitative estimate of drug-likeness (QED) is 0.362. The molecule has 0 aliphatic carbocycles. The van der Waals surface area contributed by atoms with Crippen molar-refractivity contribution in [1.82, 2.24) is 0 Å². The molecule has 0 aromatic carbocycles. The Hall–Kier alpha value is 0.724. The van der Waals surface area contributed by atoms with Crippen molar-refractivity contribution < 1.29 is 0 Å². The molecule has 1 heterocycles. The third kappa shape index (κ3) is 1.97. The fourth-order valence-corrected chi connectivity index (χ4v) is 5.81. The van der Waals surface area contributed by atoms with Crippen LogP contribution in [0.5, 0.6) is 0 Å². The highest BCUT2D eigenvalue weighted by Crippen LogP contribution is 2.15. The van der Waals surface area contributed by atoms with Crippen molar-refractivity contribution in [3.63, 3.8) is 0 Å². The topological polar surface area (TPSA) is 0 Å². The van der Waals surface area contributed by atoms with Crippen molar-refractivity contribution in [1.29, 1.82) is 0 Å². The standard InChI is InChI=1S/C4H8ClSi2/c5-7-3-1-2-6-4-7/h1-4H2. The van der Waals surface area contributed by atoms with E-state index in [1.54, 1.807) is 0 Å². The highest BCUT2D eigenvalue weighted by atomic mass is 35.6. The molecular weight excluding hydrogens is 140 g/mol. The Balaban J connectivity index is 2.12. The first kappa shape index (κ1) is 5.85. The third-order valence-electron chi connectivity index (χ3n) is 1.12. The van der Waals surface area contributed by atoms with Gasteiger partial charge in [0.15, 0.2) is 8.11 Å². The summed E-state index contributed by atoms with van der Waals surface area (Å²) in [5.41, 5.74) is 1.38. The van der Waals surface area contributed by atoms with Crippen molar-refractivity contribution in [2.45, 2.75) is 24.2 Å². The number of halogens is 1. The summed E-state index contributed by atoms with van der Waals surface area (Å²) in [5, 5.41) is 0. The Bertz CT molecular complexity index is 51.7. The minimum absolute atomic E-state index is 0.309. The van der Waals surface area contributed by atoms with Crippen LogP contribution in [0.4, 0.5) is 0 Å². The van der Waals surface area contributed by atoms with Crippen LogP contribution < -0.4 is 0 Å². The van der Waals surface area contributed by atoms with Gasteiger partial charge in [-0.3, -0.25) is 0 Å². The van der Waals surface area contributed by atoms with Crippen LogP contribution in [-0.4, -0.2) is 17.6 Å². The zero-order chi connectivity index (χ0) is 5.11. The molecule has 0 atom stereocenters. The Morgan fingerprint density at radius 1 is 1.57 bits per heavy atom. The molecule has 0 aromatic rings. The maximum absolute atomic E-state index is 5.93. The molecule has 1 fully saturated rings. The molecule has 0 saturated carbocycles. The van der Waals surface area contributed by atoms with Gasteiger partial charge in [0, 0.05) is 9.52 Å². The molecule has 3 heteroatoms. The summed E-state index contributed by atoms with van der Waals surface area (Å²) in [6, 6.07) is 2.82. The molecule has 0 aromatic heterocycles. The number of hydrogen-bond donors (Lipinski definition) is 0. The molecule has 0 spiro atoms. The first-order chi connectivity index (χ1) is 3.39. The lowest BCUT2D eigenvalue weighted by Gasteiger charge is -2.10. The van der Waals surface area contributed by atoms with Gasteiger partial charge in [-0.05, 0) is 6.04 Å². The maximum atomic E-state index is 5.93. The monoisotopic (exact) mass is 147 g/mol. The van der Waals surface area contributed by atoms with Gasteiger partial charge >= 0.3 is 0 Å². The first-order valence-electron chi connectivity index (χ1n) is 2.60. The van der Waals surface area contributed by atoms with E-state index in [4.69, 9.17) is 11.1 Å². The Morgan fingerprint density at radius 3 is 2.71 bits per heavy atom. The Kier molecular flexibility index (Phi) is 2.42. The van der Waals surface area contributed by atoms with Crippen molar-refractivity contribution in [2.24, 2.45) is 0 Å². The molecule has 0 amide bonds. The molecule has 1 aliphatic heterocycles. The number of rotatable bonds is 0. The predicted molar refractivity (Wildman–Crippen MR) is 36.4 cm³/mol. The lowest BCUT2D eigenvalue weighted by Crippen LogP contribution is -2.12. The minimum Gasteiger partial charge on any atom is -0.169 e. The summed E-state index contributed by atoms with van der Waals surface area (Å²) in [6.07, 6.45) is 1.41. The van der Waals surface area contributed by atoms with Crippen LogP contribution in [0, 0.1) is 0 Å². The van der Waals surface area contributed by atoms with E-state index in [1.165, 1.54) is 33.7 Å². The molecule has 1 rings (SSSR count). The fraction of sp³-hybridized carbons (Fsp3) is 1.00. The predicted octanol–water partition coefficient (Wildman–Crippen LogP) is 1.70. The van der Waals surface area contributed by atoms with Gasteiger partial charge in [-0.2, -0.15) is 11.1 Å². The van der Waals surface area contributed by atoms with Crippen LogP contribution in [0.1, 0.15) is 6.42 Å². The van der Waals surface area contributed by atoms with Crippen LogP contribution in [0.25, 0.3) is 0 Å². The van der Waals surface area contributed by atoms with Crippen LogP contribution in [-0.2, 0) is 0 Å². The number of hydrogen-bond acceptors (Lipinski definition) is 0. The van der Waals surface area contributed by atoms with Gasteiger partial charge < -0.3 is 0 Å². The van der Waals surface area contributed by atoms with E-state index in [9.17, 15) is 0 Å². The molecule has 0 bridgehead atoms. The summed E-state index contributed by atoms with van der Waals surface area (Å²) >= 11 is 5.93. The second-order valence-electron chi connectivity index (χ2n) is 1.80. The van der Waals surface area contributed by atoms with Gasteiger partial charge in [-0.15, -0.1) is 0 Å². The van der Waals surface area contributed by atoms with Crippen LogP contribution in [0.3, 0.4) is 0 Å². The van der Waals surface area contributed by atoms with E-state index in [2.05, 4.69) is 0 Å². The van der Waals surface area contributed by atoms with Crippen LogP contribution in [0.2, 0.25) is 17.8 Å². The molecule has 0 unspecified atom stereocenters. The largest absolute Gasteiger partial charge is 0.169 e. The summed E-state index contributed by atoms with van der Waals surface area (Å²) in [7, 11) is 0.887. The minimum atomic E-state index is -0.309. The molecule has 39 valence electrons. The molecular formula is C4H8ClSi2. The molecule has 1 aliphatic rings. The van der Waals surface area contributed by atoms with Gasteiger partial charge in [0.25, 0.3) is 0 Å². The van der Waals surface area contributed by atoms with Gasteiger partial charge in [0.1, 0.15) is 0 Å². The van der Waals surface area contributed by atoms with Crippen molar-refractivity contribution in [2.75, 3.05) is 0 Å². The average Bonchev–Trinajstić information content (AvgIpc) is 1.69. The van der Waals surface area contributed by atoms with Crippen molar-refractivity contribution >= 4 is 28.7 Å². The second-order valence-corrected chi connectivity index (χ2v) is 7.35. The van der Waals surface area contributed by atoms with Gasteiger partial charge in [0.2, 0.25) is 0 Å². The highest BCUT2D eigenvalue weighted by molar-refractivity contribution is 7.09. The Labute approximate surface area is 53.4 Å². The zero-order valence-corrected chi connectivity index (χ0v) is 6.96. The van der Waals surface area contributed by atoms with E-state index in [0.717, 1.165) is 0 Å². The summed E-state index contributed by atoms with van der Waals surface area (Å²) in [6.45, 7) is 0. The van der Waals surface area contributed by atoms with Crippen molar-refractivity contribution in [3.8, 4) is 0 Å². The van der Waals surface area contributed by atoms with E-state index in [1.807, 2.05) is 0 Å². The summed E-state index contributed by atoms with van der Waals surface area (Å²) < 4.78 is 0. The third-order valence-corrected chi connectivity index (χ3v) is 7.03. The summed E-state index contributed by atoms with van der Waals surface area (Å²) in [5.74, 6) is 0. The Morgan fingerprint density at radius 2 is 2.43 bits per heavy atom. The smallest absolute Gasteiger partial charge is 0.162 e. The molecule has 1 saturated heterocycles. The molecule has 7 heavy (non-hydrogen) atoms. The van der Waals surface area contributed by atoms with Crippen LogP contribution >= 0.6 is 11.1 Å². The SMILES string of the molecule is Cl[Si]1CCC[Si]C1. The van der Waals surface area contributed by atoms with Gasteiger partial charge in [0.05, 0.1) is 0 Å². The van der Waals surface area contributed by atoms with Crippen molar-refractivity contribution in [3.05, 3.63) is 0 Å². The van der Waals surface area contributed by atoms with E-state index in [0.29, 0.717) is 0 Å². The molecule has 3 radical (unpaired) electrons. The average molecular weight is 148 g/mol. The lowest BCUT2D eigenvalue weighted by atomic mass is 10.6. The van der Waals surface area contributed by atoms with Gasteiger partial charge in [-0.25, -0.2) is 0 Å².